The van der Waals surface area contributed by atoms with Gasteiger partial charge in [-0.1, -0.05) is 129 Å². The van der Waals surface area contributed by atoms with Crippen LogP contribution in [-0.4, -0.2) is 19.5 Å². The van der Waals surface area contributed by atoms with Crippen molar-refractivity contribution in [2.75, 3.05) is 0 Å². The predicted octanol–water partition coefficient (Wildman–Crippen LogP) is 12.2. The molecule has 0 radical (unpaired) electrons. The van der Waals surface area contributed by atoms with Gasteiger partial charge in [-0.15, -0.1) is 0 Å². The Bertz CT molecular complexity index is 3540. The summed E-state index contributed by atoms with van der Waals surface area (Å²) in [4.78, 5) is 13.6. The standard InChI is InChI=1S/C48H32N4O/c1-48(2)38-19-11-9-17-33(38)35-24-25-40-43(44(35)48)36-18-10-12-20-39(36)52(40)32-22-26-41-37(28-32)34-23-21-31(27-42(34)53-41)47-50-45(29-13-5-3-6-14-29)49-46(51-47)30-15-7-4-8-16-30/h3-28H,1-2H3/i3D,4D,5D,6D,7D,8D,13D,14D,15D,16D. The quantitative estimate of drug-likeness (QED) is 0.184. The summed E-state index contributed by atoms with van der Waals surface area (Å²) in [6, 6.07) is 27.0. The van der Waals surface area contributed by atoms with Crippen LogP contribution in [0.4, 0.5) is 0 Å². The van der Waals surface area contributed by atoms with E-state index in [1.54, 1.807) is 12.1 Å². The molecule has 1 aliphatic carbocycles. The minimum absolute atomic E-state index is 0.0421. The third-order valence-electron chi connectivity index (χ3n) is 10.4. The van der Waals surface area contributed by atoms with E-state index in [1.165, 1.54) is 27.6 Å². The molecule has 0 fully saturated rings. The van der Waals surface area contributed by atoms with E-state index in [0.29, 0.717) is 16.7 Å². The van der Waals surface area contributed by atoms with Crippen molar-refractivity contribution in [3.8, 4) is 51.0 Å². The van der Waals surface area contributed by atoms with Gasteiger partial charge in [0.2, 0.25) is 0 Å². The first kappa shape index (κ1) is 21.5. The summed E-state index contributed by atoms with van der Waals surface area (Å²) in [6.45, 7) is 4.59. The van der Waals surface area contributed by atoms with E-state index in [0.717, 1.165) is 32.9 Å². The number of hydrogen-bond donors (Lipinski definition) is 0. The molecule has 3 aromatic heterocycles. The Balaban J connectivity index is 1.09. The molecule has 250 valence electrons. The van der Waals surface area contributed by atoms with Crippen LogP contribution in [0.5, 0.6) is 0 Å². The largest absolute Gasteiger partial charge is 0.456 e. The SMILES string of the molecule is [2H]c1c([2H])c([2H])c(-c2nc(-c3ccc4c(c3)oc3ccc(-n5c6ccccc6c6c7c(ccc65)-c5ccccc5C7(C)C)cc34)nc(-c3c([2H])c([2H])c([2H])c([2H])c3[2H])n2)c([2H])c1[2H]. The van der Waals surface area contributed by atoms with E-state index in [4.69, 9.17) is 18.1 Å². The lowest BCUT2D eigenvalue weighted by Gasteiger charge is -2.22. The van der Waals surface area contributed by atoms with Crippen LogP contribution in [0.2, 0.25) is 0 Å². The summed E-state index contributed by atoms with van der Waals surface area (Å²) in [7, 11) is 0. The molecule has 0 atom stereocenters. The molecule has 3 heterocycles. The lowest BCUT2D eigenvalue weighted by molar-refractivity contribution is 0.666. The van der Waals surface area contributed by atoms with Gasteiger partial charge in [0.25, 0.3) is 0 Å². The summed E-state index contributed by atoms with van der Waals surface area (Å²) >= 11 is 0. The number of hydrogen-bond acceptors (Lipinski definition) is 4. The first-order chi connectivity index (χ1) is 30.2. The molecular formula is C48H32N4O. The summed E-state index contributed by atoms with van der Waals surface area (Å²) in [6.07, 6.45) is 0. The third-order valence-corrected chi connectivity index (χ3v) is 10.4. The minimum atomic E-state index is -0.611. The number of fused-ring (bicyclic) bond motifs is 10. The molecule has 0 saturated heterocycles. The van der Waals surface area contributed by atoms with Gasteiger partial charge in [-0.05, 0) is 64.7 Å². The molecule has 11 rings (SSSR count). The first-order valence-electron chi connectivity index (χ1n) is 22.2. The van der Waals surface area contributed by atoms with Gasteiger partial charge >= 0.3 is 0 Å². The molecule has 0 saturated carbocycles. The van der Waals surface area contributed by atoms with Gasteiger partial charge in [0.05, 0.1) is 24.7 Å². The van der Waals surface area contributed by atoms with Gasteiger partial charge < -0.3 is 8.98 Å². The zero-order chi connectivity index (χ0) is 44.0. The van der Waals surface area contributed by atoms with E-state index in [1.807, 2.05) is 18.2 Å². The van der Waals surface area contributed by atoms with Crippen LogP contribution in [0.1, 0.15) is 38.7 Å². The van der Waals surface area contributed by atoms with Crippen LogP contribution in [0.25, 0.3) is 94.7 Å². The average molecular weight is 691 g/mol. The van der Waals surface area contributed by atoms with Crippen molar-refractivity contribution in [3.05, 3.63) is 169 Å². The molecule has 5 heteroatoms. The molecule has 0 spiro atoms. The maximum Gasteiger partial charge on any atom is 0.164 e. The Hall–Kier alpha value is -6.85. The number of aromatic nitrogens is 4. The van der Waals surface area contributed by atoms with Crippen LogP contribution >= 0.6 is 0 Å². The normalized spacial score (nSPS) is 15.9. The average Bonchev–Trinajstić information content (AvgIpc) is 3.90. The summed E-state index contributed by atoms with van der Waals surface area (Å²) in [5, 5.41) is 4.02. The van der Waals surface area contributed by atoms with E-state index in [9.17, 15) is 0 Å². The second-order valence-electron chi connectivity index (χ2n) is 13.7. The van der Waals surface area contributed by atoms with Gasteiger partial charge in [-0.3, -0.25) is 0 Å². The second kappa shape index (κ2) is 11.1. The zero-order valence-corrected chi connectivity index (χ0v) is 28.4. The first-order valence-corrected chi connectivity index (χ1v) is 17.2. The molecule has 10 aromatic rings. The highest BCUT2D eigenvalue weighted by Gasteiger charge is 2.38. The molecule has 0 N–H and O–H groups in total. The summed E-state index contributed by atoms with van der Waals surface area (Å²) < 4.78 is 92.8. The van der Waals surface area contributed by atoms with E-state index in [-0.39, 0.29) is 34.0 Å². The highest BCUT2D eigenvalue weighted by Crippen LogP contribution is 2.53. The highest BCUT2D eigenvalue weighted by molar-refractivity contribution is 6.15. The molecular weight excluding hydrogens is 649 g/mol. The van der Waals surface area contributed by atoms with Crippen molar-refractivity contribution < 1.29 is 18.1 Å². The van der Waals surface area contributed by atoms with Gasteiger partial charge in [-0.2, -0.15) is 0 Å². The number of nitrogens with zero attached hydrogens (tertiary/aromatic N) is 4. The smallest absolute Gasteiger partial charge is 0.164 e. The third kappa shape index (κ3) is 4.40. The van der Waals surface area contributed by atoms with Crippen LogP contribution in [0.15, 0.2) is 162 Å². The fourth-order valence-electron chi connectivity index (χ4n) is 8.11. The van der Waals surface area contributed by atoms with E-state index < -0.39 is 60.4 Å². The molecule has 7 aromatic carbocycles. The Labute approximate surface area is 319 Å². The Morgan fingerprint density at radius 1 is 0.547 bits per heavy atom. The molecule has 0 aliphatic heterocycles. The van der Waals surface area contributed by atoms with Crippen LogP contribution in [-0.2, 0) is 5.41 Å². The highest BCUT2D eigenvalue weighted by atomic mass is 16.3. The van der Waals surface area contributed by atoms with Gasteiger partial charge in [0, 0.05) is 49.3 Å². The number of benzene rings is 7. The lowest BCUT2D eigenvalue weighted by atomic mass is 9.80. The lowest BCUT2D eigenvalue weighted by Crippen LogP contribution is -2.15. The molecule has 53 heavy (non-hydrogen) atoms. The number of furan rings is 1. The summed E-state index contributed by atoms with van der Waals surface area (Å²) in [5.41, 5.74) is 8.82. The molecule has 1 aliphatic rings. The Morgan fingerprint density at radius 2 is 1.23 bits per heavy atom. The van der Waals surface area contributed by atoms with Gasteiger partial charge in [-0.25, -0.2) is 15.0 Å². The van der Waals surface area contributed by atoms with Crippen molar-refractivity contribution in [2.24, 2.45) is 0 Å². The van der Waals surface area contributed by atoms with Crippen molar-refractivity contribution in [2.45, 2.75) is 19.3 Å². The second-order valence-corrected chi connectivity index (χ2v) is 13.7. The maximum absolute atomic E-state index is 8.66. The molecule has 0 amide bonds. The van der Waals surface area contributed by atoms with E-state index in [2.05, 4.69) is 100 Å². The fourth-order valence-corrected chi connectivity index (χ4v) is 8.11. The van der Waals surface area contributed by atoms with Crippen LogP contribution < -0.4 is 0 Å². The molecule has 0 bridgehead atoms. The zero-order valence-electron chi connectivity index (χ0n) is 38.4. The summed E-state index contributed by atoms with van der Waals surface area (Å²) in [5.74, 6) is -0.714. The van der Waals surface area contributed by atoms with Crippen LogP contribution in [0.3, 0.4) is 0 Å². The fraction of sp³-hybridized carbons (Fsp3) is 0.0625. The minimum Gasteiger partial charge on any atom is -0.456 e. The van der Waals surface area contributed by atoms with Crippen molar-refractivity contribution in [1.82, 2.24) is 19.5 Å². The molecule has 5 nitrogen and oxygen atoms in total. The van der Waals surface area contributed by atoms with Crippen molar-refractivity contribution in [3.63, 3.8) is 0 Å². The van der Waals surface area contributed by atoms with Crippen molar-refractivity contribution in [1.29, 1.82) is 0 Å². The topological polar surface area (TPSA) is 56.7 Å². The maximum atomic E-state index is 8.66. The van der Waals surface area contributed by atoms with Crippen molar-refractivity contribution >= 4 is 43.7 Å². The monoisotopic (exact) mass is 690 g/mol. The van der Waals surface area contributed by atoms with Crippen LogP contribution in [0, 0.1) is 0 Å². The Kier molecular flexibility index (Phi) is 4.49. The Morgan fingerprint density at radius 3 is 1.98 bits per heavy atom. The predicted molar refractivity (Wildman–Crippen MR) is 215 cm³/mol. The number of para-hydroxylation sites is 1. The van der Waals surface area contributed by atoms with Gasteiger partial charge in [0.15, 0.2) is 17.5 Å². The van der Waals surface area contributed by atoms with Gasteiger partial charge in [0.1, 0.15) is 11.2 Å². The van der Waals surface area contributed by atoms with E-state index >= 15 is 0 Å². The molecule has 0 unspecified atom stereocenters. The number of rotatable bonds is 4.